The van der Waals surface area contributed by atoms with Crippen LogP contribution in [0.5, 0.6) is 11.5 Å². The highest BCUT2D eigenvalue weighted by atomic mass is 16.6. The van der Waals surface area contributed by atoms with E-state index in [-0.39, 0.29) is 18.6 Å². The predicted octanol–water partition coefficient (Wildman–Crippen LogP) is 4.27. The van der Waals surface area contributed by atoms with Gasteiger partial charge in [-0.25, -0.2) is 0 Å². The summed E-state index contributed by atoms with van der Waals surface area (Å²) in [7, 11) is 0. The van der Waals surface area contributed by atoms with Gasteiger partial charge in [-0.15, -0.1) is 0 Å². The first kappa shape index (κ1) is 20.0. The van der Waals surface area contributed by atoms with Crippen molar-refractivity contribution in [1.82, 2.24) is 9.88 Å². The molecule has 0 spiro atoms. The number of ether oxygens (including phenoxy) is 2. The van der Waals surface area contributed by atoms with Gasteiger partial charge in [0.25, 0.3) is 5.91 Å². The smallest absolute Gasteiger partial charge is 0.267 e. The Balaban J connectivity index is 1.50. The molecule has 0 saturated heterocycles. The molecule has 2 atom stereocenters. The number of carbonyl (C=O) groups excluding carboxylic acids is 1. The Morgan fingerprint density at radius 3 is 2.53 bits per heavy atom. The molecule has 0 aliphatic carbocycles. The second-order valence-electron chi connectivity index (χ2n) is 7.52. The van der Waals surface area contributed by atoms with Gasteiger partial charge in [-0.3, -0.25) is 9.78 Å². The predicted molar refractivity (Wildman–Crippen MR) is 115 cm³/mol. The van der Waals surface area contributed by atoms with Crippen molar-refractivity contribution >= 4 is 5.91 Å². The summed E-state index contributed by atoms with van der Waals surface area (Å²) in [6, 6.07) is 23.6. The second-order valence-corrected chi connectivity index (χ2v) is 7.52. The average molecular weight is 402 g/mol. The highest BCUT2D eigenvalue weighted by molar-refractivity contribution is 5.82. The van der Waals surface area contributed by atoms with E-state index in [4.69, 9.17) is 9.47 Å². The molecule has 3 aromatic rings. The molecule has 5 nitrogen and oxygen atoms in total. The van der Waals surface area contributed by atoms with Crippen LogP contribution in [0, 0.1) is 0 Å². The maximum Gasteiger partial charge on any atom is 0.267 e. The number of aromatic nitrogens is 1. The Bertz CT molecular complexity index is 962. The molecular weight excluding hydrogens is 376 g/mol. The number of hydrogen-bond acceptors (Lipinski definition) is 4. The summed E-state index contributed by atoms with van der Waals surface area (Å²) in [5, 5.41) is 0. The first-order chi connectivity index (χ1) is 14.7. The van der Waals surface area contributed by atoms with E-state index in [0.29, 0.717) is 18.0 Å². The third-order valence-electron chi connectivity index (χ3n) is 5.35. The first-order valence-electron chi connectivity index (χ1n) is 10.3. The van der Waals surface area contributed by atoms with Crippen LogP contribution < -0.4 is 9.47 Å². The molecule has 1 aliphatic heterocycles. The molecule has 154 valence electrons. The van der Waals surface area contributed by atoms with Crippen LogP contribution in [0.3, 0.4) is 0 Å². The number of hydrogen-bond donors (Lipinski definition) is 0. The van der Waals surface area contributed by atoms with Crippen LogP contribution in [0.25, 0.3) is 0 Å². The summed E-state index contributed by atoms with van der Waals surface area (Å²) in [5.74, 6) is 1.21. The number of carbonyl (C=O) groups is 1. The van der Waals surface area contributed by atoms with Gasteiger partial charge in [0.2, 0.25) is 6.10 Å². The first-order valence-corrected chi connectivity index (χ1v) is 10.3. The van der Waals surface area contributed by atoms with Crippen molar-refractivity contribution in [2.75, 3.05) is 6.61 Å². The minimum Gasteiger partial charge on any atom is -0.485 e. The zero-order valence-electron chi connectivity index (χ0n) is 17.1. The maximum atomic E-state index is 13.5. The van der Waals surface area contributed by atoms with Gasteiger partial charge in [0, 0.05) is 12.2 Å². The zero-order chi connectivity index (χ0) is 20.8. The molecule has 0 N–H and O–H groups in total. The van der Waals surface area contributed by atoms with Gasteiger partial charge < -0.3 is 14.4 Å². The van der Waals surface area contributed by atoms with Gasteiger partial charge in [-0.2, -0.15) is 0 Å². The number of pyridine rings is 1. The van der Waals surface area contributed by atoms with Gasteiger partial charge in [0.05, 0.1) is 12.2 Å². The number of benzene rings is 2. The highest BCUT2D eigenvalue weighted by Gasteiger charge is 2.33. The summed E-state index contributed by atoms with van der Waals surface area (Å²) in [6.45, 7) is 2.73. The summed E-state index contributed by atoms with van der Waals surface area (Å²) in [4.78, 5) is 19.7. The van der Waals surface area contributed by atoms with Crippen molar-refractivity contribution in [3.8, 4) is 11.5 Å². The Morgan fingerprint density at radius 1 is 1.03 bits per heavy atom. The normalized spacial score (nSPS) is 16.0. The lowest BCUT2D eigenvalue weighted by Gasteiger charge is -2.34. The van der Waals surface area contributed by atoms with E-state index in [0.717, 1.165) is 18.5 Å². The molecule has 0 unspecified atom stereocenters. The largest absolute Gasteiger partial charge is 0.485 e. The van der Waals surface area contributed by atoms with Crippen molar-refractivity contribution in [1.29, 1.82) is 0 Å². The Hall–Kier alpha value is -3.34. The van der Waals surface area contributed by atoms with Crippen molar-refractivity contribution in [2.24, 2.45) is 0 Å². The highest BCUT2D eigenvalue weighted by Crippen LogP contribution is 2.31. The summed E-state index contributed by atoms with van der Waals surface area (Å²) < 4.78 is 11.8. The molecule has 1 aromatic heterocycles. The lowest BCUT2D eigenvalue weighted by atomic mass is 10.0. The maximum absolute atomic E-state index is 13.5. The van der Waals surface area contributed by atoms with Crippen LogP contribution in [-0.2, 0) is 17.8 Å². The van der Waals surface area contributed by atoms with E-state index in [1.54, 1.807) is 6.20 Å². The fourth-order valence-corrected chi connectivity index (χ4v) is 3.62. The standard InChI is InChI=1S/C25H26N2O3/c1-19(14-15-20-9-3-2-4-10-20)27(17-21-11-7-8-16-26-21)25(28)24-18-29-22-12-5-6-13-23(22)30-24/h2-13,16,19,24H,14-15,17-18H2,1H3/t19-,24+/m0/s1. The van der Waals surface area contributed by atoms with Gasteiger partial charge in [0.15, 0.2) is 11.5 Å². The second kappa shape index (κ2) is 9.44. The van der Waals surface area contributed by atoms with Crippen LogP contribution in [0.2, 0.25) is 0 Å². The summed E-state index contributed by atoms with van der Waals surface area (Å²) in [5.41, 5.74) is 2.12. The molecule has 30 heavy (non-hydrogen) atoms. The third kappa shape index (κ3) is 4.79. The van der Waals surface area contributed by atoms with Crippen molar-refractivity contribution in [2.45, 2.75) is 38.5 Å². The molecule has 2 aromatic carbocycles. The fourth-order valence-electron chi connectivity index (χ4n) is 3.62. The topological polar surface area (TPSA) is 51.7 Å². The molecule has 1 amide bonds. The van der Waals surface area contributed by atoms with Crippen LogP contribution in [0.1, 0.15) is 24.6 Å². The lowest BCUT2D eigenvalue weighted by molar-refractivity contribution is -0.144. The summed E-state index contributed by atoms with van der Waals surface area (Å²) >= 11 is 0. The van der Waals surface area contributed by atoms with Gasteiger partial charge in [-0.1, -0.05) is 48.5 Å². The molecule has 5 heteroatoms. The third-order valence-corrected chi connectivity index (χ3v) is 5.35. The monoisotopic (exact) mass is 402 g/mol. The molecule has 0 radical (unpaired) electrons. The number of nitrogens with zero attached hydrogens (tertiary/aromatic N) is 2. The van der Waals surface area contributed by atoms with E-state index in [2.05, 4.69) is 24.0 Å². The quantitative estimate of drug-likeness (QED) is 0.592. The molecule has 0 saturated carbocycles. The van der Waals surface area contributed by atoms with Crippen LogP contribution in [0.15, 0.2) is 79.0 Å². The zero-order valence-corrected chi connectivity index (χ0v) is 17.1. The number of aryl methyl sites for hydroxylation is 1. The van der Waals surface area contributed by atoms with Crippen LogP contribution in [-0.4, -0.2) is 34.5 Å². The van der Waals surface area contributed by atoms with Crippen LogP contribution >= 0.6 is 0 Å². The number of rotatable bonds is 7. The Kier molecular flexibility index (Phi) is 6.28. The minimum atomic E-state index is -0.664. The van der Waals surface area contributed by atoms with E-state index >= 15 is 0 Å². The van der Waals surface area contributed by atoms with Crippen molar-refractivity contribution in [3.63, 3.8) is 0 Å². The summed E-state index contributed by atoms with van der Waals surface area (Å²) in [6.07, 6.45) is 2.84. The molecule has 1 aliphatic rings. The number of amides is 1. The Morgan fingerprint density at radius 2 is 1.77 bits per heavy atom. The number of fused-ring (bicyclic) bond motifs is 1. The molecular formula is C25H26N2O3. The van der Waals surface area contributed by atoms with Crippen LogP contribution in [0.4, 0.5) is 0 Å². The van der Waals surface area contributed by atoms with Gasteiger partial charge in [0.1, 0.15) is 6.61 Å². The average Bonchev–Trinajstić information content (AvgIpc) is 2.81. The minimum absolute atomic E-state index is 0.0282. The SMILES string of the molecule is C[C@@H](CCc1ccccc1)N(Cc1ccccn1)C(=O)[C@H]1COc2ccccc2O1. The van der Waals surface area contributed by atoms with Gasteiger partial charge >= 0.3 is 0 Å². The van der Waals surface area contributed by atoms with E-state index in [9.17, 15) is 4.79 Å². The lowest BCUT2D eigenvalue weighted by Crippen LogP contribution is -2.49. The molecule has 0 fully saturated rings. The van der Waals surface area contributed by atoms with Gasteiger partial charge in [-0.05, 0) is 49.6 Å². The van der Waals surface area contributed by atoms with Crippen molar-refractivity contribution < 1.29 is 14.3 Å². The fraction of sp³-hybridized carbons (Fsp3) is 0.280. The molecule has 0 bridgehead atoms. The van der Waals surface area contributed by atoms with E-state index in [1.165, 1.54) is 5.56 Å². The van der Waals surface area contributed by atoms with E-state index < -0.39 is 6.10 Å². The van der Waals surface area contributed by atoms with Crippen molar-refractivity contribution in [3.05, 3.63) is 90.3 Å². The van der Waals surface area contributed by atoms with E-state index in [1.807, 2.05) is 65.6 Å². The number of para-hydroxylation sites is 2. The Labute approximate surface area is 177 Å². The molecule has 4 rings (SSSR count). The molecule has 2 heterocycles.